The molecule has 0 saturated heterocycles. The summed E-state index contributed by atoms with van der Waals surface area (Å²) in [5.41, 5.74) is 2.29. The number of benzene rings is 1. The number of aryl methyl sites for hydroxylation is 1. The second-order valence-corrected chi connectivity index (χ2v) is 6.09. The zero-order chi connectivity index (χ0) is 16.4. The van der Waals surface area contributed by atoms with Crippen molar-refractivity contribution in [3.63, 3.8) is 0 Å². The first-order valence-corrected chi connectivity index (χ1v) is 8.22. The molecule has 6 nitrogen and oxygen atoms in total. The van der Waals surface area contributed by atoms with Crippen LogP contribution in [0.4, 0.5) is 5.00 Å². The number of amides is 1. The Morgan fingerprint density at radius 1 is 1.30 bits per heavy atom. The monoisotopic (exact) mass is 333 g/mol. The van der Waals surface area contributed by atoms with Crippen molar-refractivity contribution >= 4 is 22.4 Å². The van der Waals surface area contributed by atoms with Gasteiger partial charge in [-0.2, -0.15) is 4.37 Å². The van der Waals surface area contributed by atoms with Crippen molar-refractivity contribution in [3.8, 4) is 11.5 Å². The minimum Gasteiger partial charge on any atom is -0.486 e. The highest BCUT2D eigenvalue weighted by Crippen LogP contribution is 2.33. The van der Waals surface area contributed by atoms with Crippen LogP contribution in [-0.4, -0.2) is 30.5 Å². The van der Waals surface area contributed by atoms with Crippen LogP contribution in [0.3, 0.4) is 0 Å². The summed E-state index contributed by atoms with van der Waals surface area (Å²) in [6.45, 7) is 4.89. The van der Waals surface area contributed by atoms with Gasteiger partial charge in [0, 0.05) is 7.05 Å². The van der Waals surface area contributed by atoms with Gasteiger partial charge >= 0.3 is 0 Å². The van der Waals surface area contributed by atoms with Crippen molar-refractivity contribution in [2.75, 3.05) is 25.6 Å². The number of rotatable bonds is 4. The molecule has 1 aliphatic rings. The Labute approximate surface area is 139 Å². The SMILES string of the molecule is CNc1snc(C)c1C(=O)N[C@@H](C)c1ccc2c(c1)OCCO2. The van der Waals surface area contributed by atoms with Crippen LogP contribution in [0, 0.1) is 6.92 Å². The van der Waals surface area contributed by atoms with Gasteiger partial charge in [-0.1, -0.05) is 6.07 Å². The third-order valence-corrected chi connectivity index (χ3v) is 4.69. The molecule has 1 aliphatic heterocycles. The number of carbonyl (C=O) groups is 1. The van der Waals surface area contributed by atoms with Crippen LogP contribution in [0.15, 0.2) is 18.2 Å². The van der Waals surface area contributed by atoms with Crippen LogP contribution in [0.25, 0.3) is 0 Å². The van der Waals surface area contributed by atoms with Crippen LogP contribution >= 0.6 is 11.5 Å². The summed E-state index contributed by atoms with van der Waals surface area (Å²) in [7, 11) is 1.79. The van der Waals surface area contributed by atoms with E-state index in [1.165, 1.54) is 11.5 Å². The van der Waals surface area contributed by atoms with E-state index in [4.69, 9.17) is 9.47 Å². The van der Waals surface area contributed by atoms with E-state index in [1.807, 2.05) is 32.0 Å². The molecule has 2 N–H and O–H groups in total. The van der Waals surface area contributed by atoms with Crippen LogP contribution in [0.5, 0.6) is 11.5 Å². The fraction of sp³-hybridized carbons (Fsp3) is 0.375. The summed E-state index contributed by atoms with van der Waals surface area (Å²) in [6, 6.07) is 5.58. The Balaban J connectivity index is 1.77. The molecule has 0 fully saturated rings. The predicted octanol–water partition coefficient (Wildman–Crippen LogP) is 2.76. The Hall–Kier alpha value is -2.28. The number of nitrogens with zero attached hydrogens (tertiary/aromatic N) is 1. The molecule has 0 bridgehead atoms. The Morgan fingerprint density at radius 3 is 2.78 bits per heavy atom. The number of hydrogen-bond donors (Lipinski definition) is 2. The van der Waals surface area contributed by atoms with Gasteiger partial charge in [-0.05, 0) is 43.1 Å². The van der Waals surface area contributed by atoms with Crippen molar-refractivity contribution in [2.45, 2.75) is 19.9 Å². The van der Waals surface area contributed by atoms with E-state index >= 15 is 0 Å². The fourth-order valence-electron chi connectivity index (χ4n) is 2.49. The van der Waals surface area contributed by atoms with Crippen LogP contribution in [0.2, 0.25) is 0 Å². The zero-order valence-electron chi connectivity index (χ0n) is 13.3. The molecule has 0 spiro atoms. The molecule has 7 heteroatoms. The first-order valence-electron chi connectivity index (χ1n) is 7.44. The summed E-state index contributed by atoms with van der Waals surface area (Å²) >= 11 is 1.29. The summed E-state index contributed by atoms with van der Waals surface area (Å²) in [4.78, 5) is 12.5. The molecule has 1 aromatic carbocycles. The summed E-state index contributed by atoms with van der Waals surface area (Å²) in [5.74, 6) is 1.33. The number of carbonyl (C=O) groups excluding carboxylic acids is 1. The number of nitrogens with one attached hydrogen (secondary N) is 2. The zero-order valence-corrected chi connectivity index (χ0v) is 14.1. The van der Waals surface area contributed by atoms with Gasteiger partial charge in [-0.3, -0.25) is 4.79 Å². The van der Waals surface area contributed by atoms with Gasteiger partial charge in [0.2, 0.25) is 0 Å². The van der Waals surface area contributed by atoms with Crippen molar-refractivity contribution < 1.29 is 14.3 Å². The highest BCUT2D eigenvalue weighted by atomic mass is 32.1. The normalized spacial score (nSPS) is 14.2. The number of anilines is 1. The molecular weight excluding hydrogens is 314 g/mol. The molecule has 0 saturated carbocycles. The van der Waals surface area contributed by atoms with Gasteiger partial charge in [0.05, 0.1) is 17.3 Å². The maximum absolute atomic E-state index is 12.5. The summed E-state index contributed by atoms with van der Waals surface area (Å²) in [5, 5.41) is 6.79. The molecule has 1 atom stereocenters. The number of aromatic nitrogens is 1. The van der Waals surface area contributed by atoms with E-state index in [0.29, 0.717) is 18.8 Å². The molecule has 3 rings (SSSR count). The topological polar surface area (TPSA) is 72.5 Å². The smallest absolute Gasteiger partial charge is 0.256 e. The Morgan fingerprint density at radius 2 is 2.04 bits per heavy atom. The standard InChI is InChI=1S/C16H19N3O3S/c1-9(11-4-5-12-13(8-11)22-7-6-21-12)18-15(20)14-10(2)19-23-16(14)17-3/h4-5,8-9,17H,6-7H2,1-3H3,(H,18,20)/t9-/m0/s1. The van der Waals surface area contributed by atoms with Gasteiger partial charge < -0.3 is 20.1 Å². The Bertz CT molecular complexity index is 729. The molecule has 1 aromatic heterocycles. The lowest BCUT2D eigenvalue weighted by Crippen LogP contribution is -2.27. The maximum Gasteiger partial charge on any atom is 0.256 e. The first-order chi connectivity index (χ1) is 11.1. The molecule has 2 heterocycles. The highest BCUT2D eigenvalue weighted by molar-refractivity contribution is 7.10. The third kappa shape index (κ3) is 3.10. The van der Waals surface area contributed by atoms with Crippen molar-refractivity contribution in [3.05, 3.63) is 35.0 Å². The average Bonchev–Trinajstić information content (AvgIpc) is 2.95. The Kier molecular flexibility index (Phi) is 4.38. The fourth-order valence-corrected chi connectivity index (χ4v) is 3.23. The van der Waals surface area contributed by atoms with E-state index in [2.05, 4.69) is 15.0 Å². The lowest BCUT2D eigenvalue weighted by atomic mass is 10.1. The van der Waals surface area contributed by atoms with E-state index in [-0.39, 0.29) is 11.9 Å². The molecule has 23 heavy (non-hydrogen) atoms. The third-order valence-electron chi connectivity index (χ3n) is 3.73. The minimum absolute atomic E-state index is 0.136. The van der Waals surface area contributed by atoms with E-state index in [9.17, 15) is 4.79 Å². The maximum atomic E-state index is 12.5. The number of fused-ring (bicyclic) bond motifs is 1. The number of hydrogen-bond acceptors (Lipinski definition) is 6. The molecule has 122 valence electrons. The molecule has 1 amide bonds. The van der Waals surface area contributed by atoms with E-state index in [1.54, 1.807) is 7.05 Å². The van der Waals surface area contributed by atoms with Crippen molar-refractivity contribution in [1.29, 1.82) is 0 Å². The molecular formula is C16H19N3O3S. The molecule has 0 radical (unpaired) electrons. The minimum atomic E-state index is -0.151. The van der Waals surface area contributed by atoms with Crippen LogP contribution in [0.1, 0.15) is 34.6 Å². The number of ether oxygens (including phenoxy) is 2. The molecule has 0 aliphatic carbocycles. The summed E-state index contributed by atoms with van der Waals surface area (Å²) in [6.07, 6.45) is 0. The van der Waals surface area contributed by atoms with Crippen LogP contribution < -0.4 is 20.1 Å². The average molecular weight is 333 g/mol. The van der Waals surface area contributed by atoms with Gasteiger partial charge in [0.1, 0.15) is 18.2 Å². The predicted molar refractivity (Wildman–Crippen MR) is 89.7 cm³/mol. The van der Waals surface area contributed by atoms with Gasteiger partial charge in [-0.25, -0.2) is 0 Å². The van der Waals surface area contributed by atoms with Gasteiger partial charge in [0.25, 0.3) is 5.91 Å². The molecule has 2 aromatic rings. The van der Waals surface area contributed by atoms with E-state index in [0.717, 1.165) is 27.8 Å². The van der Waals surface area contributed by atoms with E-state index < -0.39 is 0 Å². The highest BCUT2D eigenvalue weighted by Gasteiger charge is 2.21. The summed E-state index contributed by atoms with van der Waals surface area (Å²) < 4.78 is 15.3. The lowest BCUT2D eigenvalue weighted by molar-refractivity contribution is 0.0940. The van der Waals surface area contributed by atoms with Crippen molar-refractivity contribution in [2.24, 2.45) is 0 Å². The van der Waals surface area contributed by atoms with Crippen molar-refractivity contribution in [1.82, 2.24) is 9.69 Å². The van der Waals surface area contributed by atoms with Crippen LogP contribution in [-0.2, 0) is 0 Å². The second-order valence-electron chi connectivity index (χ2n) is 5.32. The van der Waals surface area contributed by atoms with Gasteiger partial charge in [0.15, 0.2) is 11.5 Å². The molecule has 0 unspecified atom stereocenters. The largest absolute Gasteiger partial charge is 0.486 e. The second kappa shape index (κ2) is 6.45. The lowest BCUT2D eigenvalue weighted by Gasteiger charge is -2.21. The van der Waals surface area contributed by atoms with Gasteiger partial charge in [-0.15, -0.1) is 0 Å². The quantitative estimate of drug-likeness (QED) is 0.900. The first kappa shape index (κ1) is 15.6.